The molecule has 0 saturated carbocycles. The van der Waals surface area contributed by atoms with Crippen LogP contribution >= 0.6 is 11.3 Å². The second kappa shape index (κ2) is 2.75. The van der Waals surface area contributed by atoms with Gasteiger partial charge in [0, 0.05) is 6.07 Å². The van der Waals surface area contributed by atoms with E-state index in [0.717, 1.165) is 16.3 Å². The maximum absolute atomic E-state index is 4.85. The number of nitrogens with zero attached hydrogens (tertiary/aromatic N) is 1. The Labute approximate surface area is 74.8 Å². The van der Waals surface area contributed by atoms with Gasteiger partial charge in [-0.15, -0.1) is 11.3 Å². The molecule has 1 heterocycles. The third-order valence-corrected chi connectivity index (χ3v) is 2.58. The van der Waals surface area contributed by atoms with Gasteiger partial charge < -0.3 is 4.74 Å². The minimum Gasteiger partial charge on any atom is -0.490 e. The Morgan fingerprint density at radius 1 is 1.50 bits per heavy atom. The zero-order valence-electron chi connectivity index (χ0n) is 6.70. The Kier molecular flexibility index (Phi) is 1.73. The largest absolute Gasteiger partial charge is 0.490 e. The molecular weight excluding hydrogens is 170 g/mol. The molecule has 0 bridgehead atoms. The zero-order valence-corrected chi connectivity index (χ0v) is 7.52. The molecule has 0 atom stereocenters. The van der Waals surface area contributed by atoms with Crippen molar-refractivity contribution in [2.24, 2.45) is 0 Å². The van der Waals surface area contributed by atoms with E-state index in [2.05, 4.69) is 12.1 Å². The van der Waals surface area contributed by atoms with Gasteiger partial charge in [-0.25, -0.2) is 4.98 Å². The van der Waals surface area contributed by atoms with Crippen molar-refractivity contribution in [2.45, 2.75) is 6.92 Å². The maximum Gasteiger partial charge on any atom is 0.122 e. The predicted octanol–water partition coefficient (Wildman–Crippen LogP) is 2.78. The predicted molar refractivity (Wildman–Crippen MR) is 50.3 cm³/mol. The number of aryl methyl sites for hydroxylation is 1. The van der Waals surface area contributed by atoms with Crippen LogP contribution in [-0.4, -0.2) is 4.98 Å². The van der Waals surface area contributed by atoms with Crippen molar-refractivity contribution in [2.75, 3.05) is 0 Å². The highest BCUT2D eigenvalue weighted by molar-refractivity contribution is 7.18. The van der Waals surface area contributed by atoms with Crippen LogP contribution in [0.4, 0.5) is 0 Å². The van der Waals surface area contributed by atoms with Crippen molar-refractivity contribution in [1.29, 1.82) is 0 Å². The van der Waals surface area contributed by atoms with Gasteiger partial charge in [0.15, 0.2) is 0 Å². The van der Waals surface area contributed by atoms with Crippen molar-refractivity contribution in [3.63, 3.8) is 0 Å². The second-order valence-corrected chi connectivity index (χ2v) is 3.74. The highest BCUT2D eigenvalue weighted by atomic mass is 32.1. The third-order valence-electron chi connectivity index (χ3n) is 1.63. The fourth-order valence-corrected chi connectivity index (χ4v) is 1.92. The molecule has 0 saturated heterocycles. The molecule has 2 aromatic rings. The number of benzene rings is 1. The minimum atomic E-state index is 0.757. The number of hydrogen-bond donors (Lipinski definition) is 0. The molecule has 0 fully saturated rings. The summed E-state index contributed by atoms with van der Waals surface area (Å²) < 4.78 is 6.03. The van der Waals surface area contributed by atoms with Crippen LogP contribution in [0.3, 0.4) is 0 Å². The van der Waals surface area contributed by atoms with Gasteiger partial charge in [-0.1, -0.05) is 0 Å². The van der Waals surface area contributed by atoms with E-state index in [0.29, 0.717) is 0 Å². The first-order valence-electron chi connectivity index (χ1n) is 3.59. The normalized spacial score (nSPS) is 10.5. The Morgan fingerprint density at radius 2 is 2.33 bits per heavy atom. The Balaban J connectivity index is 2.66. The Morgan fingerprint density at radius 3 is 3.08 bits per heavy atom. The first-order valence-corrected chi connectivity index (χ1v) is 4.40. The molecule has 0 aliphatic rings. The van der Waals surface area contributed by atoms with Gasteiger partial charge in [-0.3, -0.25) is 0 Å². The highest BCUT2D eigenvalue weighted by Crippen LogP contribution is 2.25. The molecule has 1 radical (unpaired) electrons. The molecule has 2 nitrogen and oxygen atoms in total. The fourth-order valence-electron chi connectivity index (χ4n) is 1.11. The molecule has 3 heteroatoms. The van der Waals surface area contributed by atoms with E-state index in [4.69, 9.17) is 4.74 Å². The summed E-state index contributed by atoms with van der Waals surface area (Å²) in [6.45, 7) is 2.00. The van der Waals surface area contributed by atoms with Gasteiger partial charge >= 0.3 is 0 Å². The maximum atomic E-state index is 4.85. The molecule has 0 aliphatic heterocycles. The molecule has 0 spiro atoms. The summed E-state index contributed by atoms with van der Waals surface area (Å²) in [5, 5.41) is 1.08. The first-order chi connectivity index (χ1) is 5.79. The van der Waals surface area contributed by atoms with Crippen molar-refractivity contribution in [1.82, 2.24) is 4.98 Å². The monoisotopic (exact) mass is 178 g/mol. The van der Waals surface area contributed by atoms with E-state index in [1.165, 1.54) is 4.70 Å². The number of aromatic nitrogens is 1. The van der Waals surface area contributed by atoms with E-state index in [9.17, 15) is 0 Å². The van der Waals surface area contributed by atoms with Gasteiger partial charge in [-0.2, -0.15) is 0 Å². The summed E-state index contributed by atoms with van der Waals surface area (Å²) in [5.41, 5.74) is 0.985. The standard InChI is InChI=1S/C9H8NOS/c1-6-10-8-5-7(11-2)3-4-9(8)12-6/h3-5H,2H2,1H3. The summed E-state index contributed by atoms with van der Waals surface area (Å²) in [7, 11) is 3.35. The van der Waals surface area contributed by atoms with Gasteiger partial charge in [-0.05, 0) is 19.1 Å². The lowest BCUT2D eigenvalue weighted by molar-refractivity contribution is 0.473. The van der Waals surface area contributed by atoms with Crippen LogP contribution in [0.25, 0.3) is 10.2 Å². The molecular formula is C9H8NOS. The second-order valence-electron chi connectivity index (χ2n) is 2.51. The lowest BCUT2D eigenvalue weighted by atomic mass is 10.3. The third kappa shape index (κ3) is 1.16. The van der Waals surface area contributed by atoms with Crippen LogP contribution in [0.2, 0.25) is 0 Å². The molecule has 1 aromatic carbocycles. The molecule has 2 rings (SSSR count). The van der Waals surface area contributed by atoms with Crippen molar-refractivity contribution in [3.05, 3.63) is 30.3 Å². The van der Waals surface area contributed by atoms with E-state index < -0.39 is 0 Å². The van der Waals surface area contributed by atoms with Crippen LogP contribution in [0.5, 0.6) is 5.75 Å². The van der Waals surface area contributed by atoms with Crippen LogP contribution in [0.15, 0.2) is 18.2 Å². The Hall–Kier alpha value is -1.09. The minimum absolute atomic E-state index is 0.757. The van der Waals surface area contributed by atoms with Crippen molar-refractivity contribution < 1.29 is 4.74 Å². The summed E-state index contributed by atoms with van der Waals surface area (Å²) in [4.78, 5) is 4.33. The van der Waals surface area contributed by atoms with Gasteiger partial charge in [0.05, 0.1) is 15.2 Å². The molecule has 0 N–H and O–H groups in total. The van der Waals surface area contributed by atoms with Crippen molar-refractivity contribution >= 4 is 21.6 Å². The lowest BCUT2D eigenvalue weighted by Crippen LogP contribution is -1.77. The zero-order chi connectivity index (χ0) is 8.55. The summed E-state index contributed by atoms with van der Waals surface area (Å²) >= 11 is 1.68. The summed E-state index contributed by atoms with van der Waals surface area (Å²) in [5.74, 6) is 0.757. The SMILES string of the molecule is [CH2]Oc1ccc2sc(C)nc2c1. The average Bonchev–Trinajstić information content (AvgIpc) is 2.43. The summed E-state index contributed by atoms with van der Waals surface area (Å²) in [6.07, 6.45) is 0. The molecule has 0 unspecified atom stereocenters. The van der Waals surface area contributed by atoms with Crippen LogP contribution in [-0.2, 0) is 0 Å². The number of thiazole rings is 1. The van der Waals surface area contributed by atoms with Gasteiger partial charge in [0.1, 0.15) is 12.9 Å². The fraction of sp³-hybridized carbons (Fsp3) is 0.111. The topological polar surface area (TPSA) is 22.1 Å². The quantitative estimate of drug-likeness (QED) is 0.669. The molecule has 0 aliphatic carbocycles. The van der Waals surface area contributed by atoms with Gasteiger partial charge in [0.25, 0.3) is 0 Å². The van der Waals surface area contributed by atoms with Crippen LogP contribution in [0.1, 0.15) is 5.01 Å². The van der Waals surface area contributed by atoms with E-state index in [-0.39, 0.29) is 0 Å². The summed E-state index contributed by atoms with van der Waals surface area (Å²) in [6, 6.07) is 5.79. The Bertz CT molecular complexity index is 408. The lowest BCUT2D eigenvalue weighted by Gasteiger charge is -1.95. The average molecular weight is 178 g/mol. The highest BCUT2D eigenvalue weighted by Gasteiger charge is 2.00. The van der Waals surface area contributed by atoms with E-state index >= 15 is 0 Å². The van der Waals surface area contributed by atoms with E-state index in [1.807, 2.05) is 25.1 Å². The molecule has 61 valence electrons. The molecule has 0 amide bonds. The number of ether oxygens (including phenoxy) is 1. The number of fused-ring (bicyclic) bond motifs is 1. The van der Waals surface area contributed by atoms with Gasteiger partial charge in [0.2, 0.25) is 0 Å². The number of rotatable bonds is 1. The number of hydrogen-bond acceptors (Lipinski definition) is 3. The van der Waals surface area contributed by atoms with Crippen LogP contribution in [0, 0.1) is 14.0 Å². The van der Waals surface area contributed by atoms with Crippen molar-refractivity contribution in [3.8, 4) is 5.75 Å². The smallest absolute Gasteiger partial charge is 0.122 e. The molecule has 1 aromatic heterocycles. The van der Waals surface area contributed by atoms with E-state index in [1.54, 1.807) is 11.3 Å². The molecule has 12 heavy (non-hydrogen) atoms. The first kappa shape index (κ1) is 7.55. The van der Waals surface area contributed by atoms with Crippen LogP contribution < -0.4 is 4.74 Å².